The fourth-order valence-electron chi connectivity index (χ4n) is 4.45. The molecule has 1 aromatic carbocycles. The maximum atomic E-state index is 12.9. The smallest absolute Gasteiger partial charge is 0.390 e. The number of nitrogens with one attached hydrogen (secondary N) is 3. The summed E-state index contributed by atoms with van der Waals surface area (Å²) >= 11 is 1.37. The zero-order valence-corrected chi connectivity index (χ0v) is 22.0. The zero-order valence-electron chi connectivity index (χ0n) is 21.2. The van der Waals surface area contributed by atoms with Gasteiger partial charge in [-0.3, -0.25) is 10.1 Å². The standard InChI is InChI=1S/C28H29F3N6OS/c29-28(30,31)10-11-35-23-8-9-24-25(13-23)39-27(36-24)37-26(38)21-3-1-2-19(12-21)16-34-17-22(15-33)20-6-4-18(14-32)5-7-20/h1-4,6-7,12,15,17-18,23,35H,5,8-11,13,16,33H2,(H,36,37,38)/p+1/t18?,23-/m0/s1. The average molecular weight is 556 g/mol. The van der Waals surface area contributed by atoms with Crippen molar-refractivity contribution in [2.45, 2.75) is 50.9 Å². The summed E-state index contributed by atoms with van der Waals surface area (Å²) in [6.45, 7) is 0.376. The Bertz CT molecular complexity index is 1350. The second-order valence-corrected chi connectivity index (χ2v) is 10.5. The molecule has 0 spiro atoms. The van der Waals surface area contributed by atoms with Crippen LogP contribution in [-0.2, 0) is 19.4 Å². The summed E-state index contributed by atoms with van der Waals surface area (Å²) in [5, 5.41) is 15.4. The molecule has 0 saturated carbocycles. The summed E-state index contributed by atoms with van der Waals surface area (Å²) in [5.41, 5.74) is 9.83. The lowest BCUT2D eigenvalue weighted by Crippen LogP contribution is -2.67. The summed E-state index contributed by atoms with van der Waals surface area (Å²) < 4.78 is 37.3. The number of nitrogens with two attached hydrogens (primary N) is 1. The Kier molecular flexibility index (Phi) is 9.32. The van der Waals surface area contributed by atoms with Crippen LogP contribution < -0.4 is 21.4 Å². The van der Waals surface area contributed by atoms with Crippen molar-refractivity contribution in [1.82, 2.24) is 10.3 Å². The largest absolute Gasteiger partial charge is 0.404 e. The highest BCUT2D eigenvalue weighted by Gasteiger charge is 2.28. The van der Waals surface area contributed by atoms with E-state index in [0.717, 1.165) is 27.3 Å². The molecule has 0 aliphatic heterocycles. The molecule has 1 unspecified atom stereocenters. The van der Waals surface area contributed by atoms with Crippen LogP contribution >= 0.6 is 11.3 Å². The molecule has 2 aromatic rings. The van der Waals surface area contributed by atoms with Gasteiger partial charge in [0.2, 0.25) is 0 Å². The first-order valence-corrected chi connectivity index (χ1v) is 13.5. The quantitative estimate of drug-likeness (QED) is 0.354. The first kappa shape index (κ1) is 28.3. The van der Waals surface area contributed by atoms with Crippen molar-refractivity contribution in [1.29, 1.82) is 5.26 Å². The minimum atomic E-state index is -4.17. The van der Waals surface area contributed by atoms with Crippen molar-refractivity contribution >= 4 is 28.6 Å². The zero-order chi connectivity index (χ0) is 27.8. The molecule has 0 fully saturated rings. The van der Waals surface area contributed by atoms with Crippen LogP contribution in [0.25, 0.3) is 0 Å². The molecule has 0 bridgehead atoms. The third kappa shape index (κ3) is 8.12. The highest BCUT2D eigenvalue weighted by Crippen LogP contribution is 2.30. The van der Waals surface area contributed by atoms with Crippen LogP contribution in [0.2, 0.25) is 0 Å². The molecule has 0 radical (unpaired) electrons. The number of amides is 1. The molecule has 7 nitrogen and oxygen atoms in total. The van der Waals surface area contributed by atoms with E-state index in [0.29, 0.717) is 42.9 Å². The number of aryl methyl sites for hydroxylation is 1. The average Bonchev–Trinajstić information content (AvgIpc) is 3.32. The molecule has 1 amide bonds. The molecule has 2 aliphatic carbocycles. The minimum Gasteiger partial charge on any atom is -0.404 e. The second-order valence-electron chi connectivity index (χ2n) is 9.44. The molecular weight excluding hydrogens is 525 g/mol. The number of halogens is 3. The Morgan fingerprint density at radius 3 is 2.92 bits per heavy atom. The van der Waals surface area contributed by atoms with Crippen LogP contribution in [0.5, 0.6) is 0 Å². The number of fused-ring (bicyclic) bond motifs is 1. The van der Waals surface area contributed by atoms with Crippen LogP contribution in [0.3, 0.4) is 0 Å². The molecule has 2 atom stereocenters. The van der Waals surface area contributed by atoms with Crippen molar-refractivity contribution in [3.05, 3.63) is 81.5 Å². The predicted octanol–water partition coefficient (Wildman–Crippen LogP) is 3.31. The van der Waals surface area contributed by atoms with E-state index < -0.39 is 12.6 Å². The second kappa shape index (κ2) is 12.9. The lowest BCUT2D eigenvalue weighted by molar-refractivity contribution is -0.469. The van der Waals surface area contributed by atoms with E-state index in [9.17, 15) is 18.0 Å². The van der Waals surface area contributed by atoms with E-state index in [2.05, 4.69) is 26.7 Å². The molecule has 0 saturated heterocycles. The van der Waals surface area contributed by atoms with Crippen molar-refractivity contribution in [3.63, 3.8) is 0 Å². The summed E-state index contributed by atoms with van der Waals surface area (Å²) in [4.78, 5) is 21.7. The summed E-state index contributed by atoms with van der Waals surface area (Å²) in [6, 6.07) is 9.44. The van der Waals surface area contributed by atoms with Gasteiger partial charge < -0.3 is 11.1 Å². The number of carbonyl (C=O) groups is 1. The predicted molar refractivity (Wildman–Crippen MR) is 145 cm³/mol. The number of nitrogens with zero attached hydrogens (tertiary/aromatic N) is 2. The van der Waals surface area contributed by atoms with E-state index in [4.69, 9.17) is 11.0 Å². The Labute approximate surface area is 229 Å². The molecule has 5 N–H and O–H groups in total. The van der Waals surface area contributed by atoms with E-state index in [1.165, 1.54) is 17.5 Å². The van der Waals surface area contributed by atoms with Gasteiger partial charge in [0.05, 0.1) is 29.7 Å². The normalized spacial score (nSPS) is 19.4. The van der Waals surface area contributed by atoms with E-state index >= 15 is 0 Å². The van der Waals surface area contributed by atoms with Gasteiger partial charge in [-0.15, -0.1) is 11.3 Å². The summed E-state index contributed by atoms with van der Waals surface area (Å²) in [6.07, 6.45) is 6.65. The van der Waals surface area contributed by atoms with Gasteiger partial charge in [-0.25, -0.2) is 9.98 Å². The number of hydrogen-bond donors (Lipinski definition) is 4. The number of allylic oxidation sites excluding steroid dienone is 5. The van der Waals surface area contributed by atoms with Gasteiger partial charge in [0, 0.05) is 34.8 Å². The third-order valence-electron chi connectivity index (χ3n) is 6.53. The molecule has 11 heteroatoms. The summed E-state index contributed by atoms with van der Waals surface area (Å²) in [7, 11) is 0. The van der Waals surface area contributed by atoms with Gasteiger partial charge in [0.25, 0.3) is 5.91 Å². The van der Waals surface area contributed by atoms with Gasteiger partial charge >= 0.3 is 6.18 Å². The van der Waals surface area contributed by atoms with E-state index in [1.54, 1.807) is 18.3 Å². The van der Waals surface area contributed by atoms with Crippen LogP contribution in [0, 0.1) is 17.2 Å². The highest BCUT2D eigenvalue weighted by atomic mass is 32.1. The van der Waals surface area contributed by atoms with Crippen molar-refractivity contribution < 1.29 is 23.0 Å². The number of rotatable bonds is 9. The lowest BCUT2D eigenvalue weighted by Gasteiger charge is -2.22. The topological polar surface area (TPSA) is 118 Å². The summed E-state index contributed by atoms with van der Waals surface area (Å²) in [5.74, 6) is -0.395. The fraction of sp³-hybridized carbons (Fsp3) is 0.357. The van der Waals surface area contributed by atoms with Gasteiger partial charge in [-0.1, -0.05) is 30.4 Å². The number of anilines is 1. The SMILES string of the molecule is N#CC1C=CC(C(C=[NH+]Cc2cccc(C(=O)Nc3nc4c(s3)C[C@@H](NCCC(F)(F)F)CC4)c2)=CN)=CC1. The first-order valence-electron chi connectivity index (χ1n) is 12.7. The number of aromatic nitrogens is 1. The van der Waals surface area contributed by atoms with Gasteiger partial charge in [-0.05, 0) is 43.4 Å². The maximum Gasteiger partial charge on any atom is 0.390 e. The molecular formula is C28H30F3N6OS+. The first-order chi connectivity index (χ1) is 18.7. The van der Waals surface area contributed by atoms with Gasteiger partial charge in [0.1, 0.15) is 0 Å². The highest BCUT2D eigenvalue weighted by molar-refractivity contribution is 7.15. The minimum absolute atomic E-state index is 0.0284. The van der Waals surface area contributed by atoms with Crippen molar-refractivity contribution in [3.8, 4) is 6.07 Å². The van der Waals surface area contributed by atoms with Crippen LogP contribution in [0.15, 0.2) is 59.8 Å². The number of alkyl halides is 3. The number of thiazole rings is 1. The molecule has 2 aliphatic rings. The molecule has 4 rings (SSSR count). The van der Waals surface area contributed by atoms with E-state index in [-0.39, 0.29) is 24.4 Å². The van der Waals surface area contributed by atoms with Gasteiger partial charge in [0.15, 0.2) is 17.9 Å². The number of nitriles is 1. The number of hydrogen-bond acceptors (Lipinski definition) is 6. The molecule has 39 heavy (non-hydrogen) atoms. The Morgan fingerprint density at radius 2 is 2.21 bits per heavy atom. The van der Waals surface area contributed by atoms with E-state index in [1.807, 2.05) is 30.4 Å². The fourth-order valence-corrected chi connectivity index (χ4v) is 5.53. The maximum absolute atomic E-state index is 12.9. The Balaban J connectivity index is 1.31. The molecule has 1 aromatic heterocycles. The number of carbonyl (C=O) groups excluding carboxylic acids is 1. The lowest BCUT2D eigenvalue weighted by atomic mass is 9.94. The Hall–Kier alpha value is -3.75. The Morgan fingerprint density at radius 1 is 1.36 bits per heavy atom. The van der Waals surface area contributed by atoms with Crippen molar-refractivity contribution in [2.24, 2.45) is 11.7 Å². The van der Waals surface area contributed by atoms with Gasteiger partial charge in [-0.2, -0.15) is 18.4 Å². The van der Waals surface area contributed by atoms with Crippen LogP contribution in [0.1, 0.15) is 45.8 Å². The number of benzene rings is 1. The van der Waals surface area contributed by atoms with Crippen LogP contribution in [0.4, 0.5) is 18.3 Å². The third-order valence-corrected chi connectivity index (χ3v) is 7.57. The molecule has 204 valence electrons. The monoisotopic (exact) mass is 555 g/mol. The van der Waals surface area contributed by atoms with Crippen LogP contribution in [-0.4, -0.2) is 35.9 Å². The van der Waals surface area contributed by atoms with Crippen molar-refractivity contribution in [2.75, 3.05) is 11.9 Å². The molecule has 1 heterocycles.